The van der Waals surface area contributed by atoms with Crippen LogP contribution in [0.3, 0.4) is 0 Å². The highest BCUT2D eigenvalue weighted by atomic mass is 35.5. The second-order valence-electron chi connectivity index (χ2n) is 6.17. The zero-order valence-corrected chi connectivity index (χ0v) is 15.9. The van der Waals surface area contributed by atoms with Crippen molar-refractivity contribution in [2.24, 2.45) is 0 Å². The van der Waals surface area contributed by atoms with Crippen molar-refractivity contribution >= 4 is 41.2 Å². The lowest BCUT2D eigenvalue weighted by atomic mass is 10.1. The summed E-state index contributed by atoms with van der Waals surface area (Å²) in [5.41, 5.74) is 0.568. The number of ketones is 1. The van der Waals surface area contributed by atoms with E-state index in [-0.39, 0.29) is 13.2 Å². The summed E-state index contributed by atoms with van der Waals surface area (Å²) in [7, 11) is 0. The zero-order valence-electron chi connectivity index (χ0n) is 15.1. The molecule has 1 heterocycles. The molecule has 0 radical (unpaired) electrons. The van der Waals surface area contributed by atoms with E-state index in [9.17, 15) is 24.3 Å². The monoisotopic (exact) mass is 413 g/mol. The van der Waals surface area contributed by atoms with E-state index in [1.807, 2.05) is 0 Å². The highest BCUT2D eigenvalue weighted by Gasteiger charge is 2.34. The molecule has 0 atom stereocenters. The molecular formula is C21H16ClNO6. The van der Waals surface area contributed by atoms with Crippen molar-refractivity contribution in [3.8, 4) is 0 Å². The molecule has 7 nitrogen and oxygen atoms in total. The molecule has 8 heteroatoms. The normalized spacial score (nSPS) is 13.6. The molecule has 29 heavy (non-hydrogen) atoms. The molecule has 0 aliphatic carbocycles. The Kier molecular flexibility index (Phi) is 6.21. The van der Waals surface area contributed by atoms with Crippen LogP contribution in [0.15, 0.2) is 54.1 Å². The Hall–Kier alpha value is -3.29. The van der Waals surface area contributed by atoms with Gasteiger partial charge in [0.25, 0.3) is 11.8 Å². The molecule has 0 aromatic heterocycles. The van der Waals surface area contributed by atoms with Gasteiger partial charge in [-0.05, 0) is 29.8 Å². The van der Waals surface area contributed by atoms with Gasteiger partial charge >= 0.3 is 5.97 Å². The van der Waals surface area contributed by atoms with Crippen LogP contribution in [0, 0.1) is 0 Å². The first-order chi connectivity index (χ1) is 13.9. The molecule has 2 aromatic rings. The summed E-state index contributed by atoms with van der Waals surface area (Å²) in [6, 6.07) is 13.0. The number of hydrogen-bond donors (Lipinski definition) is 1. The number of imide groups is 1. The number of rotatable bonds is 8. The summed E-state index contributed by atoms with van der Waals surface area (Å²) in [6.45, 7) is -0.655. The highest BCUT2D eigenvalue weighted by Crippen LogP contribution is 2.22. The second kappa shape index (κ2) is 8.81. The summed E-state index contributed by atoms with van der Waals surface area (Å²) in [5.74, 6) is -3.01. The Morgan fingerprint density at radius 1 is 1.00 bits per heavy atom. The molecule has 0 bridgehead atoms. The fourth-order valence-corrected chi connectivity index (χ4v) is 3.04. The van der Waals surface area contributed by atoms with E-state index < -0.39 is 35.7 Å². The smallest absolute Gasteiger partial charge is 0.339 e. The number of carboxylic acid groups (broad SMARTS) is 1. The molecule has 1 N–H and O–H groups in total. The van der Waals surface area contributed by atoms with Crippen LogP contribution in [0.2, 0.25) is 5.02 Å². The number of amides is 2. The number of halogens is 1. The number of nitrogens with zero attached hydrogens (tertiary/aromatic N) is 1. The van der Waals surface area contributed by atoms with Crippen LogP contribution in [0.25, 0.3) is 6.08 Å². The number of carbonyl (C=O) groups is 4. The molecule has 1 aliphatic rings. The third kappa shape index (κ3) is 4.42. The van der Waals surface area contributed by atoms with Crippen molar-refractivity contribution in [1.82, 2.24) is 4.90 Å². The predicted octanol–water partition coefficient (Wildman–Crippen LogP) is 2.69. The lowest BCUT2D eigenvalue weighted by molar-refractivity contribution is -0.135. The minimum absolute atomic E-state index is 0.0454. The fraction of sp³-hybridized carbons (Fsp3) is 0.143. The average molecular weight is 414 g/mol. The number of hydrogen-bond acceptors (Lipinski definition) is 5. The standard InChI is InChI=1S/C21H16ClNO6/c22-17-8-4-1-5-13(17)11-16(21(27)28)18(24)12-29-10-9-23-19(25)14-6-2-3-7-15(14)20(23)26/h1-8,11H,9-10,12H2,(H,27,28). The van der Waals surface area contributed by atoms with E-state index in [0.29, 0.717) is 21.7 Å². The van der Waals surface area contributed by atoms with Gasteiger partial charge < -0.3 is 9.84 Å². The van der Waals surface area contributed by atoms with Gasteiger partial charge in [-0.2, -0.15) is 0 Å². The third-order valence-corrected chi connectivity index (χ3v) is 4.65. The summed E-state index contributed by atoms with van der Waals surface area (Å²) in [4.78, 5) is 49.2. The van der Waals surface area contributed by atoms with Crippen LogP contribution < -0.4 is 0 Å². The van der Waals surface area contributed by atoms with Crippen LogP contribution in [0.4, 0.5) is 0 Å². The van der Waals surface area contributed by atoms with Gasteiger partial charge in [0.1, 0.15) is 12.2 Å². The number of carboxylic acids is 1. The maximum Gasteiger partial charge on any atom is 0.339 e. The number of aliphatic carboxylic acids is 1. The van der Waals surface area contributed by atoms with E-state index >= 15 is 0 Å². The molecule has 0 spiro atoms. The van der Waals surface area contributed by atoms with Crippen molar-refractivity contribution in [2.75, 3.05) is 19.8 Å². The lowest BCUT2D eigenvalue weighted by Gasteiger charge is -2.13. The van der Waals surface area contributed by atoms with E-state index in [4.69, 9.17) is 16.3 Å². The Morgan fingerprint density at radius 3 is 2.17 bits per heavy atom. The Bertz CT molecular complexity index is 994. The van der Waals surface area contributed by atoms with Crippen molar-refractivity contribution in [2.45, 2.75) is 0 Å². The van der Waals surface area contributed by atoms with Crippen LogP contribution in [0.1, 0.15) is 26.3 Å². The SMILES string of the molecule is O=C(O)C(=Cc1ccccc1Cl)C(=O)COCCN1C(=O)c2ccccc2C1=O. The highest BCUT2D eigenvalue weighted by molar-refractivity contribution is 6.32. The molecule has 0 unspecified atom stereocenters. The number of ether oxygens (including phenoxy) is 1. The van der Waals surface area contributed by atoms with E-state index in [1.165, 1.54) is 6.08 Å². The Labute approximate surface area is 171 Å². The minimum atomic E-state index is -1.40. The molecular weight excluding hydrogens is 398 g/mol. The topological polar surface area (TPSA) is 101 Å². The number of fused-ring (bicyclic) bond motifs is 1. The van der Waals surface area contributed by atoms with E-state index in [0.717, 1.165) is 4.90 Å². The molecule has 0 fully saturated rings. The molecule has 2 aromatic carbocycles. The first-order valence-corrected chi connectivity index (χ1v) is 9.03. The van der Waals surface area contributed by atoms with Gasteiger partial charge in [-0.3, -0.25) is 19.3 Å². The molecule has 0 saturated heterocycles. The van der Waals surface area contributed by atoms with Crippen LogP contribution >= 0.6 is 11.6 Å². The lowest BCUT2D eigenvalue weighted by Crippen LogP contribution is -2.33. The summed E-state index contributed by atoms with van der Waals surface area (Å²) in [5, 5.41) is 9.62. The zero-order chi connectivity index (χ0) is 21.0. The third-order valence-electron chi connectivity index (χ3n) is 4.31. The maximum absolute atomic E-state index is 12.3. The first-order valence-electron chi connectivity index (χ1n) is 8.66. The van der Waals surface area contributed by atoms with Gasteiger partial charge in [0.05, 0.1) is 24.3 Å². The van der Waals surface area contributed by atoms with E-state index in [1.54, 1.807) is 48.5 Å². The van der Waals surface area contributed by atoms with E-state index in [2.05, 4.69) is 0 Å². The predicted molar refractivity (Wildman–Crippen MR) is 105 cm³/mol. The largest absolute Gasteiger partial charge is 0.478 e. The van der Waals surface area contributed by atoms with Gasteiger partial charge in [0, 0.05) is 5.02 Å². The molecule has 2 amide bonds. The quantitative estimate of drug-likeness (QED) is 0.235. The number of Topliss-reactive ketones (excluding diaryl/α,β-unsaturated/α-hetero) is 1. The van der Waals surface area contributed by atoms with Crippen molar-refractivity contribution < 1.29 is 29.0 Å². The average Bonchev–Trinajstić information content (AvgIpc) is 2.95. The van der Waals surface area contributed by atoms with Gasteiger partial charge in [-0.1, -0.05) is 41.9 Å². The summed E-state index contributed by atoms with van der Waals surface area (Å²) in [6.07, 6.45) is 1.18. The van der Waals surface area contributed by atoms with Gasteiger partial charge in [-0.25, -0.2) is 4.79 Å². The van der Waals surface area contributed by atoms with Crippen LogP contribution in [-0.2, 0) is 14.3 Å². The molecule has 0 saturated carbocycles. The van der Waals surface area contributed by atoms with Crippen LogP contribution in [-0.4, -0.2) is 53.3 Å². The van der Waals surface area contributed by atoms with Crippen LogP contribution in [0.5, 0.6) is 0 Å². The van der Waals surface area contributed by atoms with Crippen molar-refractivity contribution in [1.29, 1.82) is 0 Å². The molecule has 3 rings (SSSR count). The van der Waals surface area contributed by atoms with Gasteiger partial charge in [0.2, 0.25) is 0 Å². The summed E-state index contributed by atoms with van der Waals surface area (Å²) >= 11 is 5.99. The Morgan fingerprint density at radius 2 is 1.59 bits per heavy atom. The number of benzene rings is 2. The van der Waals surface area contributed by atoms with Crippen molar-refractivity contribution in [3.63, 3.8) is 0 Å². The van der Waals surface area contributed by atoms with Gasteiger partial charge in [-0.15, -0.1) is 0 Å². The summed E-state index contributed by atoms with van der Waals surface area (Å²) < 4.78 is 5.22. The maximum atomic E-state index is 12.3. The fourth-order valence-electron chi connectivity index (χ4n) is 2.85. The molecule has 1 aliphatic heterocycles. The molecule has 148 valence electrons. The second-order valence-corrected chi connectivity index (χ2v) is 6.58. The number of carbonyl (C=O) groups excluding carboxylic acids is 3. The minimum Gasteiger partial charge on any atom is -0.478 e. The first kappa shape index (κ1) is 20.4. The Balaban J connectivity index is 1.58. The van der Waals surface area contributed by atoms with Gasteiger partial charge in [0.15, 0.2) is 5.78 Å². The van der Waals surface area contributed by atoms with Crippen molar-refractivity contribution in [3.05, 3.63) is 75.8 Å².